The molecule has 3 aliphatic heterocycles. The van der Waals surface area contributed by atoms with Crippen LogP contribution in [0.25, 0.3) is 16.6 Å². The summed E-state index contributed by atoms with van der Waals surface area (Å²) in [6, 6.07) is 11.9. The Kier molecular flexibility index (Phi) is 5.78. The van der Waals surface area contributed by atoms with Crippen LogP contribution in [0.5, 0.6) is 5.75 Å². The third-order valence-electron chi connectivity index (χ3n) is 6.37. The number of nitriles is 1. The lowest BCUT2D eigenvalue weighted by molar-refractivity contribution is 0.0283. The van der Waals surface area contributed by atoms with Crippen LogP contribution in [-0.2, 0) is 0 Å². The van der Waals surface area contributed by atoms with Crippen LogP contribution in [0.2, 0.25) is 0 Å². The summed E-state index contributed by atoms with van der Waals surface area (Å²) in [6.07, 6.45) is 6.15. The third-order valence-corrected chi connectivity index (χ3v) is 6.37. The van der Waals surface area contributed by atoms with Crippen molar-refractivity contribution in [1.82, 2.24) is 19.5 Å². The average molecular weight is 487 g/mol. The number of pyridine rings is 2. The fourth-order valence-corrected chi connectivity index (χ4v) is 4.65. The number of ether oxygens (including phenoxy) is 1. The maximum atomic E-state index is 10.1. The van der Waals surface area contributed by atoms with Crippen LogP contribution in [0.4, 0.5) is 5.82 Å². The van der Waals surface area contributed by atoms with Crippen molar-refractivity contribution in [2.24, 2.45) is 0 Å². The van der Waals surface area contributed by atoms with Gasteiger partial charge in [-0.3, -0.25) is 0 Å². The molecular weight excluding hydrogens is 456 g/mol. The second-order valence-electron chi connectivity index (χ2n) is 10.7. The summed E-state index contributed by atoms with van der Waals surface area (Å²) in [7, 11) is 0. The molecule has 2 N–H and O–H groups in total. The van der Waals surface area contributed by atoms with E-state index < -0.39 is 11.2 Å². The van der Waals surface area contributed by atoms with E-state index in [0.717, 1.165) is 36.5 Å². The molecule has 0 spiro atoms. The van der Waals surface area contributed by atoms with Gasteiger partial charge in [0.05, 0.1) is 41.2 Å². The van der Waals surface area contributed by atoms with E-state index in [1.165, 1.54) is 6.20 Å². The van der Waals surface area contributed by atoms with Gasteiger partial charge in [-0.15, -0.1) is 0 Å². The fraction of sp³-hybridized carbons (Fsp3) is 0.444. The predicted octanol–water partition coefficient (Wildman–Crippen LogP) is 2.41. The van der Waals surface area contributed by atoms with Gasteiger partial charge in [0.25, 0.3) is 0 Å². The van der Waals surface area contributed by atoms with Crippen molar-refractivity contribution in [3.05, 3.63) is 42.4 Å². The highest BCUT2D eigenvalue weighted by atomic mass is 16.5. The molecule has 6 rings (SSSR count). The standard InChI is InChI=1S/C27H30N6O3/c1-26(2,34)7-8-32-20-9-21(32)15-31(14-20)24-6-5-18(12-29-24)23-10-22(36-17-27(3,4)35)16-33-25(23)19(11-28)13-30-33/h5-6,10,12-13,16,20-21,34-35H,9,14-15,17H2,1-4H3. The van der Waals surface area contributed by atoms with Gasteiger partial charge >= 0.3 is 0 Å². The van der Waals surface area contributed by atoms with E-state index in [9.17, 15) is 15.5 Å². The monoisotopic (exact) mass is 486 g/mol. The van der Waals surface area contributed by atoms with Crippen molar-refractivity contribution in [2.45, 2.75) is 57.4 Å². The van der Waals surface area contributed by atoms with Gasteiger partial charge in [-0.2, -0.15) is 10.4 Å². The minimum absolute atomic E-state index is 0.121. The Morgan fingerprint density at radius 2 is 1.89 bits per heavy atom. The molecule has 0 aromatic carbocycles. The summed E-state index contributed by atoms with van der Waals surface area (Å²) in [6.45, 7) is 8.53. The van der Waals surface area contributed by atoms with Gasteiger partial charge < -0.3 is 24.7 Å². The van der Waals surface area contributed by atoms with Crippen LogP contribution in [0, 0.1) is 23.3 Å². The number of aliphatic hydroxyl groups is 2. The first kappa shape index (κ1) is 23.9. The molecule has 0 saturated carbocycles. The van der Waals surface area contributed by atoms with E-state index in [4.69, 9.17) is 9.72 Å². The molecule has 0 amide bonds. The number of anilines is 1. The summed E-state index contributed by atoms with van der Waals surface area (Å²) in [5, 5.41) is 33.9. The van der Waals surface area contributed by atoms with Gasteiger partial charge in [0.1, 0.15) is 29.8 Å². The summed E-state index contributed by atoms with van der Waals surface area (Å²) in [5.41, 5.74) is 0.795. The molecule has 9 nitrogen and oxygen atoms in total. The first-order valence-corrected chi connectivity index (χ1v) is 12.0. The largest absolute Gasteiger partial charge is 0.489 e. The molecular formula is C27H30N6O3. The molecule has 0 radical (unpaired) electrons. The molecule has 3 saturated heterocycles. The maximum Gasteiger partial charge on any atom is 0.138 e. The zero-order valence-electron chi connectivity index (χ0n) is 20.9. The molecule has 0 aliphatic carbocycles. The second kappa shape index (κ2) is 8.70. The summed E-state index contributed by atoms with van der Waals surface area (Å²) >= 11 is 0. The molecule has 3 fully saturated rings. The van der Waals surface area contributed by atoms with Crippen LogP contribution in [0.15, 0.2) is 36.8 Å². The molecule has 2 unspecified atom stereocenters. The Balaban J connectivity index is 1.39. The maximum absolute atomic E-state index is 10.1. The number of hydrogen-bond acceptors (Lipinski definition) is 8. The van der Waals surface area contributed by atoms with Gasteiger partial charge in [0, 0.05) is 36.5 Å². The van der Waals surface area contributed by atoms with Gasteiger partial charge in [-0.25, -0.2) is 9.50 Å². The van der Waals surface area contributed by atoms with E-state index in [2.05, 4.69) is 32.9 Å². The van der Waals surface area contributed by atoms with Gasteiger partial charge in [0.2, 0.25) is 0 Å². The van der Waals surface area contributed by atoms with Gasteiger partial charge in [-0.1, -0.05) is 0 Å². The van der Waals surface area contributed by atoms with Gasteiger partial charge in [-0.05, 0) is 58.2 Å². The Hall–Kier alpha value is -3.79. The normalized spacial score (nSPS) is 19.4. The van der Waals surface area contributed by atoms with Crippen molar-refractivity contribution in [2.75, 3.05) is 24.6 Å². The molecule has 3 aromatic heterocycles. The number of hydrogen-bond donors (Lipinski definition) is 2. The zero-order chi connectivity index (χ0) is 25.7. The van der Waals surface area contributed by atoms with E-state index >= 15 is 0 Å². The van der Waals surface area contributed by atoms with Crippen LogP contribution in [0.1, 0.15) is 39.7 Å². The van der Waals surface area contributed by atoms with E-state index in [1.807, 2.05) is 24.4 Å². The molecule has 2 bridgehead atoms. The highest BCUT2D eigenvalue weighted by molar-refractivity contribution is 5.85. The highest BCUT2D eigenvalue weighted by Crippen LogP contribution is 2.35. The first-order chi connectivity index (χ1) is 17.0. The number of piperidine rings is 1. The summed E-state index contributed by atoms with van der Waals surface area (Å²) in [4.78, 5) is 9.16. The number of aromatic nitrogens is 3. The molecule has 36 heavy (non-hydrogen) atoms. The average Bonchev–Trinajstić information content (AvgIpc) is 3.24. The lowest BCUT2D eigenvalue weighted by Crippen LogP contribution is -2.67. The fourth-order valence-electron chi connectivity index (χ4n) is 4.65. The SMILES string of the molecule is CC(C)(O)C#CN1C2CC1CN(c1ccc(-c3cc(OCC(C)(C)O)cn4ncc(C#N)c34)cn1)C2. The summed E-state index contributed by atoms with van der Waals surface area (Å²) < 4.78 is 7.44. The van der Waals surface area contributed by atoms with E-state index in [1.54, 1.807) is 38.4 Å². The van der Waals surface area contributed by atoms with Crippen molar-refractivity contribution in [1.29, 1.82) is 5.26 Å². The lowest BCUT2D eigenvalue weighted by Gasteiger charge is -2.55. The van der Waals surface area contributed by atoms with E-state index in [-0.39, 0.29) is 6.61 Å². The quantitative estimate of drug-likeness (QED) is 0.529. The molecule has 6 heterocycles. The Bertz CT molecular complexity index is 1370. The van der Waals surface area contributed by atoms with Crippen LogP contribution in [0.3, 0.4) is 0 Å². The molecule has 2 atom stereocenters. The highest BCUT2D eigenvalue weighted by Gasteiger charge is 2.44. The predicted molar refractivity (Wildman–Crippen MR) is 135 cm³/mol. The molecule has 3 aromatic rings. The molecule has 9 heteroatoms. The minimum Gasteiger partial charge on any atom is -0.489 e. The molecule has 186 valence electrons. The number of fused-ring (bicyclic) bond motifs is 3. The smallest absolute Gasteiger partial charge is 0.138 e. The second-order valence-corrected chi connectivity index (χ2v) is 10.7. The van der Waals surface area contributed by atoms with Crippen molar-refractivity contribution in [3.8, 4) is 34.9 Å². The Labute approximate surface area is 210 Å². The number of piperazine rings is 1. The van der Waals surface area contributed by atoms with Crippen LogP contribution < -0.4 is 9.64 Å². The lowest BCUT2D eigenvalue weighted by atomic mass is 9.88. The van der Waals surface area contributed by atoms with Crippen molar-refractivity contribution < 1.29 is 14.9 Å². The Morgan fingerprint density at radius 1 is 1.14 bits per heavy atom. The number of nitrogens with zero attached hydrogens (tertiary/aromatic N) is 6. The van der Waals surface area contributed by atoms with E-state index in [0.29, 0.717) is 28.9 Å². The molecule has 3 aliphatic rings. The zero-order valence-corrected chi connectivity index (χ0v) is 20.9. The topological polar surface area (TPSA) is 110 Å². The summed E-state index contributed by atoms with van der Waals surface area (Å²) in [5.74, 6) is 4.35. The van der Waals surface area contributed by atoms with Crippen molar-refractivity contribution >= 4 is 11.3 Å². The number of rotatable bonds is 5. The minimum atomic E-state index is -0.996. The van der Waals surface area contributed by atoms with Gasteiger partial charge in [0.15, 0.2) is 0 Å². The van der Waals surface area contributed by atoms with Crippen molar-refractivity contribution in [3.63, 3.8) is 0 Å². The van der Waals surface area contributed by atoms with Crippen LogP contribution >= 0.6 is 0 Å². The first-order valence-electron chi connectivity index (χ1n) is 12.0. The Morgan fingerprint density at radius 3 is 2.50 bits per heavy atom. The third kappa shape index (κ3) is 4.81. The van der Waals surface area contributed by atoms with Crippen LogP contribution in [-0.4, -0.2) is 72.7 Å².